The van der Waals surface area contributed by atoms with Gasteiger partial charge in [0.05, 0.1) is 26.5 Å². The monoisotopic (exact) mass is 1090 g/mol. The zero-order chi connectivity index (χ0) is 53.9. The normalized spacial score (nSPS) is 17.1. The number of fused-ring (bicyclic) bond motifs is 8. The van der Waals surface area contributed by atoms with Gasteiger partial charge in [-0.3, -0.25) is 28.4 Å². The van der Waals surface area contributed by atoms with E-state index in [-0.39, 0.29) is 67.2 Å². The van der Waals surface area contributed by atoms with E-state index in [0.717, 1.165) is 59.1 Å². The fraction of sp³-hybridized carbons (Fsp3) is 0.379. The number of nitrogens with one attached hydrogen (secondary N) is 1. The number of rotatable bonds is 21. The minimum atomic E-state index is -4.09. The molecule has 9 rings (SSSR count). The highest BCUT2D eigenvalue weighted by molar-refractivity contribution is 8.77. The first-order valence-electron chi connectivity index (χ1n) is 25.4. The molecule has 0 radical (unpaired) electrons. The van der Waals surface area contributed by atoms with Crippen molar-refractivity contribution in [2.45, 2.75) is 108 Å². The van der Waals surface area contributed by atoms with Crippen LogP contribution < -0.4 is 29.3 Å². The first kappa shape index (κ1) is 54.3. The molecule has 76 heavy (non-hydrogen) atoms. The minimum Gasteiger partial charge on any atom is -0.493 e. The maximum absolute atomic E-state index is 14.2. The molecular weight excluding hydrogens is 1020 g/mol. The van der Waals surface area contributed by atoms with Crippen molar-refractivity contribution in [1.82, 2.24) is 0 Å². The molecular formula is C58H63N5O10S3. The molecule has 1 N–H and O–H groups in total. The molecule has 0 fully saturated rings. The van der Waals surface area contributed by atoms with Crippen LogP contribution in [0.1, 0.15) is 101 Å². The lowest BCUT2D eigenvalue weighted by atomic mass is 9.99. The van der Waals surface area contributed by atoms with Crippen molar-refractivity contribution in [2.75, 3.05) is 48.7 Å². The smallest absolute Gasteiger partial charge is 0.277 e. The highest BCUT2D eigenvalue weighted by atomic mass is 33.1. The maximum Gasteiger partial charge on any atom is 0.277 e. The Kier molecular flexibility index (Phi) is 16.5. The van der Waals surface area contributed by atoms with Gasteiger partial charge in [-0.25, -0.2) is 0 Å². The van der Waals surface area contributed by atoms with E-state index in [4.69, 9.17) is 18.4 Å². The third-order valence-electron chi connectivity index (χ3n) is 14.3. The number of ketones is 1. The molecule has 398 valence electrons. The largest absolute Gasteiger partial charge is 0.493 e. The standard InChI is InChI=1S/C58H63N5O10S3/c1-8-59-32-50(64)54(76(68,69)71-7)20-22-74-75-58(3,4)21-19-55(65)60-42-25-37(34-72-51-31-49-46(23-36(51)2)57(67)63-44(33-61(49)5)28-41-14-10-12-16-48(41)63)24-38(26-42)35-73-53-29-39-17-18-43-27-40-13-9-11-15-47(40)62(43)56(66)45(39)30-52(53)70-6/h8-16,23-26,29-31,43-44,54H,17-22,27-28,32,34-35H2,1-7H3,(H,60,65)/t43-,44+,54?/m1/s1. The first-order chi connectivity index (χ1) is 36.5. The average Bonchev–Trinajstić information content (AvgIpc) is 4.01. The Hall–Kier alpha value is -6.47. The summed E-state index contributed by atoms with van der Waals surface area (Å²) < 4.78 is 50.3. The molecule has 4 heterocycles. The highest BCUT2D eigenvalue weighted by Crippen LogP contribution is 2.43. The minimum absolute atomic E-state index is 0.0537. The number of aliphatic imine (C=N–C) groups is 1. The summed E-state index contributed by atoms with van der Waals surface area (Å²) in [5.74, 6) is 1.00. The van der Waals surface area contributed by atoms with Crippen LogP contribution in [0.15, 0.2) is 96.0 Å². The molecule has 0 spiro atoms. The number of methoxy groups -OCH3 is 1. The van der Waals surface area contributed by atoms with Crippen LogP contribution in [0, 0.1) is 6.92 Å². The second-order valence-corrected chi connectivity index (χ2v) is 25.0. The Morgan fingerprint density at radius 3 is 2.24 bits per heavy atom. The molecule has 3 atom stereocenters. The van der Waals surface area contributed by atoms with Crippen molar-refractivity contribution in [3.05, 3.63) is 136 Å². The van der Waals surface area contributed by atoms with Crippen molar-refractivity contribution in [3.63, 3.8) is 0 Å². The summed E-state index contributed by atoms with van der Waals surface area (Å²) in [7, 11) is 3.39. The molecule has 5 aromatic rings. The summed E-state index contributed by atoms with van der Waals surface area (Å²) in [5.41, 5.74) is 9.69. The predicted octanol–water partition coefficient (Wildman–Crippen LogP) is 9.76. The maximum atomic E-state index is 14.2. The number of ether oxygens (including phenoxy) is 3. The number of anilines is 3. The Morgan fingerprint density at radius 1 is 0.868 bits per heavy atom. The second-order valence-electron chi connectivity index (χ2n) is 20.0. The Bertz CT molecular complexity index is 3270. The van der Waals surface area contributed by atoms with Crippen molar-refractivity contribution < 1.29 is 50.6 Å². The van der Waals surface area contributed by atoms with Gasteiger partial charge in [0.2, 0.25) is 11.8 Å². The van der Waals surface area contributed by atoms with Gasteiger partial charge in [-0.2, -0.15) is 8.42 Å². The summed E-state index contributed by atoms with van der Waals surface area (Å²) in [5, 5.41) is 1.79. The summed E-state index contributed by atoms with van der Waals surface area (Å²) in [6.45, 7) is 7.60. The van der Waals surface area contributed by atoms with E-state index >= 15 is 0 Å². The number of nitrogens with zero attached hydrogens (tertiary/aromatic N) is 4. The molecule has 18 heteroatoms. The molecule has 1 unspecified atom stereocenters. The number of hydrogen-bond donors (Lipinski definition) is 1. The molecule has 4 aliphatic rings. The van der Waals surface area contributed by atoms with Crippen LogP contribution in [-0.2, 0) is 56.4 Å². The topological polar surface area (TPSA) is 173 Å². The fourth-order valence-corrected chi connectivity index (χ4v) is 14.2. The molecule has 4 aliphatic heterocycles. The Labute approximate surface area is 453 Å². The van der Waals surface area contributed by atoms with Crippen LogP contribution in [0.4, 0.5) is 22.7 Å². The van der Waals surface area contributed by atoms with Crippen LogP contribution in [0.25, 0.3) is 0 Å². The molecule has 0 saturated heterocycles. The number of carbonyl (C=O) groups is 4. The lowest BCUT2D eigenvalue weighted by Crippen LogP contribution is -2.38. The number of carbonyl (C=O) groups excluding carboxylic acids is 4. The zero-order valence-electron chi connectivity index (χ0n) is 43.8. The van der Waals surface area contributed by atoms with Crippen molar-refractivity contribution in [2.24, 2.45) is 4.99 Å². The van der Waals surface area contributed by atoms with E-state index in [1.54, 1.807) is 20.1 Å². The van der Waals surface area contributed by atoms with E-state index in [1.165, 1.54) is 33.4 Å². The van der Waals surface area contributed by atoms with Gasteiger partial charge in [-0.05, 0) is 154 Å². The summed E-state index contributed by atoms with van der Waals surface area (Å²) >= 11 is 0. The Morgan fingerprint density at radius 2 is 1.54 bits per heavy atom. The molecule has 15 nitrogen and oxygen atoms in total. The first-order valence-corrected chi connectivity index (χ1v) is 29.2. The predicted molar refractivity (Wildman–Crippen MR) is 300 cm³/mol. The number of aryl methyl sites for hydroxylation is 2. The third kappa shape index (κ3) is 11.7. The molecule has 0 bridgehead atoms. The van der Waals surface area contributed by atoms with Gasteiger partial charge in [-0.15, -0.1) is 0 Å². The lowest BCUT2D eigenvalue weighted by Gasteiger charge is -2.23. The van der Waals surface area contributed by atoms with Gasteiger partial charge in [0.1, 0.15) is 31.3 Å². The van der Waals surface area contributed by atoms with Gasteiger partial charge < -0.3 is 33.9 Å². The van der Waals surface area contributed by atoms with Crippen molar-refractivity contribution in [3.8, 4) is 17.2 Å². The number of Topliss-reactive ketones (excluding diaryl/α,β-unsaturated/α-hetero) is 1. The summed E-state index contributed by atoms with van der Waals surface area (Å²) in [6.07, 6.45) is 8.71. The SMILES string of the molecule is CC=NCC(=O)C(CCSSC(C)(C)CCC(=O)Nc1cc(COc2cc3c(cc2C)C(=O)N2c4ccccc4C[C@H]2[C-]=[N+]3C)cc(COc2cc3c(cc2OC)C(=O)N2c4ccccc4C[C@H]2CC3)c1)S(=O)(=O)OC. The molecule has 0 aromatic heterocycles. The van der Waals surface area contributed by atoms with E-state index in [2.05, 4.69) is 28.7 Å². The van der Waals surface area contributed by atoms with E-state index in [1.807, 2.05) is 115 Å². The van der Waals surface area contributed by atoms with Gasteiger partial charge in [0, 0.05) is 63.4 Å². The van der Waals surface area contributed by atoms with Crippen LogP contribution in [0.3, 0.4) is 0 Å². The van der Waals surface area contributed by atoms with Gasteiger partial charge >= 0.3 is 0 Å². The number of para-hydroxylation sites is 2. The van der Waals surface area contributed by atoms with Crippen molar-refractivity contribution >= 4 is 90.4 Å². The number of amides is 3. The van der Waals surface area contributed by atoms with E-state index in [9.17, 15) is 27.6 Å². The summed E-state index contributed by atoms with van der Waals surface area (Å²) in [6, 6.07) is 29.0. The van der Waals surface area contributed by atoms with Gasteiger partial charge in [-0.1, -0.05) is 64.1 Å². The molecule has 3 amide bonds. The van der Waals surface area contributed by atoms with Crippen LogP contribution >= 0.6 is 21.6 Å². The fourth-order valence-electron chi connectivity index (χ4n) is 10.4. The molecule has 0 saturated carbocycles. The zero-order valence-corrected chi connectivity index (χ0v) is 46.3. The van der Waals surface area contributed by atoms with E-state index in [0.29, 0.717) is 64.8 Å². The second kappa shape index (κ2) is 23.0. The average molecular weight is 1090 g/mol. The third-order valence-corrected chi connectivity index (χ3v) is 19.3. The quantitative estimate of drug-likeness (QED) is 0.0184. The van der Waals surface area contributed by atoms with Crippen LogP contribution in [0.2, 0.25) is 0 Å². The van der Waals surface area contributed by atoms with Crippen molar-refractivity contribution in [1.29, 1.82) is 0 Å². The van der Waals surface area contributed by atoms with E-state index < -0.39 is 21.2 Å². The lowest BCUT2D eigenvalue weighted by molar-refractivity contribution is -0.401. The number of hydrogen-bond acceptors (Lipinski definition) is 13. The number of benzene rings is 5. The summed E-state index contributed by atoms with van der Waals surface area (Å²) in [4.78, 5) is 62.5. The highest BCUT2D eigenvalue weighted by Gasteiger charge is 2.39. The van der Waals surface area contributed by atoms with Gasteiger partial charge in [0.25, 0.3) is 16.0 Å². The van der Waals surface area contributed by atoms with Crippen LogP contribution in [-0.4, -0.2) is 105 Å². The molecule has 0 aliphatic carbocycles. The van der Waals surface area contributed by atoms with Gasteiger partial charge in [0.15, 0.2) is 17.3 Å². The molecule has 5 aromatic carbocycles. The Balaban J connectivity index is 0.917. The van der Waals surface area contributed by atoms with Crippen LogP contribution in [0.5, 0.6) is 17.2 Å².